The van der Waals surface area contributed by atoms with Crippen molar-refractivity contribution in [3.63, 3.8) is 0 Å². The molecule has 0 saturated heterocycles. The maximum Gasteiger partial charge on any atom is 0.0570 e. The smallest absolute Gasteiger partial charge is 0.0570 e. The van der Waals surface area contributed by atoms with Crippen molar-refractivity contribution in [2.45, 2.75) is 26.3 Å². The SMILES string of the molecule is C=C(CC)CNC(C)c1ccccn1. The number of aromatic nitrogens is 1. The van der Waals surface area contributed by atoms with Crippen LogP contribution in [-0.4, -0.2) is 11.5 Å². The number of nitrogens with one attached hydrogen (secondary N) is 1. The molecule has 0 aromatic carbocycles. The second kappa shape index (κ2) is 5.55. The average molecular weight is 190 g/mol. The van der Waals surface area contributed by atoms with Crippen molar-refractivity contribution < 1.29 is 0 Å². The number of rotatable bonds is 5. The molecule has 2 nitrogen and oxygen atoms in total. The van der Waals surface area contributed by atoms with Gasteiger partial charge in [-0.15, -0.1) is 0 Å². The van der Waals surface area contributed by atoms with Crippen LogP contribution in [0.1, 0.15) is 32.0 Å². The fraction of sp³-hybridized carbons (Fsp3) is 0.417. The lowest BCUT2D eigenvalue weighted by Crippen LogP contribution is -2.21. The molecular formula is C12H18N2. The summed E-state index contributed by atoms with van der Waals surface area (Å²) in [5.74, 6) is 0. The first-order valence-corrected chi connectivity index (χ1v) is 5.05. The fourth-order valence-electron chi connectivity index (χ4n) is 1.16. The number of hydrogen-bond acceptors (Lipinski definition) is 2. The molecule has 1 aromatic rings. The lowest BCUT2D eigenvalue weighted by molar-refractivity contribution is 0.587. The van der Waals surface area contributed by atoms with E-state index in [1.807, 2.05) is 24.4 Å². The van der Waals surface area contributed by atoms with Crippen LogP contribution in [0, 0.1) is 0 Å². The van der Waals surface area contributed by atoms with Gasteiger partial charge < -0.3 is 5.32 Å². The monoisotopic (exact) mass is 190 g/mol. The van der Waals surface area contributed by atoms with E-state index < -0.39 is 0 Å². The molecule has 0 fully saturated rings. The average Bonchev–Trinajstić information content (AvgIpc) is 2.26. The predicted molar refractivity (Wildman–Crippen MR) is 60.1 cm³/mol. The van der Waals surface area contributed by atoms with Gasteiger partial charge in [-0.3, -0.25) is 4.98 Å². The summed E-state index contributed by atoms with van der Waals surface area (Å²) in [6.45, 7) is 9.06. The fourth-order valence-corrected chi connectivity index (χ4v) is 1.16. The van der Waals surface area contributed by atoms with Crippen molar-refractivity contribution in [2.75, 3.05) is 6.54 Å². The molecule has 0 aliphatic carbocycles. The number of hydrogen-bond donors (Lipinski definition) is 1. The van der Waals surface area contributed by atoms with E-state index >= 15 is 0 Å². The zero-order valence-corrected chi connectivity index (χ0v) is 8.96. The zero-order chi connectivity index (χ0) is 10.4. The van der Waals surface area contributed by atoms with Gasteiger partial charge in [0.1, 0.15) is 0 Å². The molecule has 1 N–H and O–H groups in total. The third kappa shape index (κ3) is 3.30. The van der Waals surface area contributed by atoms with Gasteiger partial charge in [-0.05, 0) is 25.5 Å². The lowest BCUT2D eigenvalue weighted by Gasteiger charge is -2.13. The Bertz CT molecular complexity index is 280. The van der Waals surface area contributed by atoms with Gasteiger partial charge in [-0.1, -0.05) is 25.1 Å². The van der Waals surface area contributed by atoms with Crippen molar-refractivity contribution in [3.8, 4) is 0 Å². The summed E-state index contributed by atoms with van der Waals surface area (Å²) in [5, 5.41) is 3.39. The molecule has 0 aliphatic heterocycles. The van der Waals surface area contributed by atoms with Crippen molar-refractivity contribution in [3.05, 3.63) is 42.2 Å². The molecule has 2 heteroatoms. The summed E-state index contributed by atoms with van der Waals surface area (Å²) >= 11 is 0. The van der Waals surface area contributed by atoms with E-state index in [0.717, 1.165) is 18.7 Å². The van der Waals surface area contributed by atoms with Crippen LogP contribution in [0.5, 0.6) is 0 Å². The molecule has 0 bridgehead atoms. The molecule has 1 aromatic heterocycles. The highest BCUT2D eigenvalue weighted by molar-refractivity contribution is 5.08. The molecule has 14 heavy (non-hydrogen) atoms. The Hall–Kier alpha value is -1.15. The Kier molecular flexibility index (Phi) is 4.33. The predicted octanol–water partition coefficient (Wildman–Crippen LogP) is 2.70. The summed E-state index contributed by atoms with van der Waals surface area (Å²) in [5.41, 5.74) is 2.31. The summed E-state index contributed by atoms with van der Waals surface area (Å²) in [7, 11) is 0. The number of pyridine rings is 1. The van der Waals surface area contributed by atoms with Crippen LogP contribution in [0.25, 0.3) is 0 Å². The molecule has 1 atom stereocenters. The molecule has 0 spiro atoms. The summed E-state index contributed by atoms with van der Waals surface area (Å²) < 4.78 is 0. The second-order valence-corrected chi connectivity index (χ2v) is 3.46. The van der Waals surface area contributed by atoms with E-state index in [-0.39, 0.29) is 0 Å². The molecule has 1 unspecified atom stereocenters. The largest absolute Gasteiger partial charge is 0.305 e. The van der Waals surface area contributed by atoms with Gasteiger partial charge in [0.15, 0.2) is 0 Å². The molecule has 0 aliphatic rings. The normalized spacial score (nSPS) is 12.4. The highest BCUT2D eigenvalue weighted by atomic mass is 14.9. The standard InChI is InChI=1S/C12H18N2/c1-4-10(2)9-14-11(3)12-7-5-6-8-13-12/h5-8,11,14H,2,4,9H2,1,3H3. The first-order valence-electron chi connectivity index (χ1n) is 5.05. The van der Waals surface area contributed by atoms with Crippen LogP contribution >= 0.6 is 0 Å². The lowest BCUT2D eigenvalue weighted by atomic mass is 10.2. The quantitative estimate of drug-likeness (QED) is 0.722. The minimum absolute atomic E-state index is 0.291. The second-order valence-electron chi connectivity index (χ2n) is 3.46. The van der Waals surface area contributed by atoms with Gasteiger partial charge in [-0.25, -0.2) is 0 Å². The third-order valence-corrected chi connectivity index (χ3v) is 2.29. The first-order chi connectivity index (χ1) is 6.74. The van der Waals surface area contributed by atoms with Crippen molar-refractivity contribution >= 4 is 0 Å². The van der Waals surface area contributed by atoms with Crippen LogP contribution in [0.3, 0.4) is 0 Å². The Balaban J connectivity index is 2.43. The topological polar surface area (TPSA) is 24.9 Å². The van der Waals surface area contributed by atoms with Gasteiger partial charge >= 0.3 is 0 Å². The van der Waals surface area contributed by atoms with Crippen LogP contribution in [0.2, 0.25) is 0 Å². The molecular weight excluding hydrogens is 172 g/mol. The van der Waals surface area contributed by atoms with Crippen molar-refractivity contribution in [2.24, 2.45) is 0 Å². The minimum Gasteiger partial charge on any atom is -0.305 e. The van der Waals surface area contributed by atoms with Gasteiger partial charge in [0.05, 0.1) is 5.69 Å². The zero-order valence-electron chi connectivity index (χ0n) is 8.96. The van der Waals surface area contributed by atoms with E-state index in [4.69, 9.17) is 0 Å². The molecule has 76 valence electrons. The molecule has 0 saturated carbocycles. The van der Waals surface area contributed by atoms with Gasteiger partial charge in [0.25, 0.3) is 0 Å². The highest BCUT2D eigenvalue weighted by Gasteiger charge is 2.04. The molecule has 1 rings (SSSR count). The molecule has 0 amide bonds. The van der Waals surface area contributed by atoms with Crippen LogP contribution in [0.4, 0.5) is 0 Å². The molecule has 1 heterocycles. The van der Waals surface area contributed by atoms with E-state index in [9.17, 15) is 0 Å². The summed E-state index contributed by atoms with van der Waals surface area (Å²) in [4.78, 5) is 4.29. The Labute approximate surface area is 86.1 Å². The Morgan fingerprint density at radius 3 is 2.93 bits per heavy atom. The Morgan fingerprint density at radius 2 is 2.36 bits per heavy atom. The van der Waals surface area contributed by atoms with Gasteiger partial charge in [-0.2, -0.15) is 0 Å². The minimum atomic E-state index is 0.291. The van der Waals surface area contributed by atoms with Crippen LogP contribution in [0.15, 0.2) is 36.5 Å². The van der Waals surface area contributed by atoms with Crippen molar-refractivity contribution in [1.82, 2.24) is 10.3 Å². The van der Waals surface area contributed by atoms with Gasteiger partial charge in [0.2, 0.25) is 0 Å². The van der Waals surface area contributed by atoms with E-state index in [1.54, 1.807) is 0 Å². The van der Waals surface area contributed by atoms with Crippen LogP contribution < -0.4 is 5.32 Å². The number of nitrogens with zero attached hydrogens (tertiary/aromatic N) is 1. The first kappa shape index (κ1) is 10.9. The van der Waals surface area contributed by atoms with Crippen LogP contribution in [-0.2, 0) is 0 Å². The van der Waals surface area contributed by atoms with E-state index in [1.165, 1.54) is 5.57 Å². The third-order valence-electron chi connectivity index (χ3n) is 2.29. The summed E-state index contributed by atoms with van der Waals surface area (Å²) in [6, 6.07) is 6.27. The van der Waals surface area contributed by atoms with Crippen molar-refractivity contribution in [1.29, 1.82) is 0 Å². The maximum atomic E-state index is 4.29. The Morgan fingerprint density at radius 1 is 1.57 bits per heavy atom. The highest BCUT2D eigenvalue weighted by Crippen LogP contribution is 2.08. The van der Waals surface area contributed by atoms with E-state index in [2.05, 4.69) is 30.7 Å². The maximum absolute atomic E-state index is 4.29. The van der Waals surface area contributed by atoms with E-state index in [0.29, 0.717) is 6.04 Å². The summed E-state index contributed by atoms with van der Waals surface area (Å²) in [6.07, 6.45) is 2.85. The molecule has 0 radical (unpaired) electrons. The van der Waals surface area contributed by atoms with Gasteiger partial charge in [0, 0.05) is 18.8 Å².